The van der Waals surface area contributed by atoms with Crippen LogP contribution in [-0.2, 0) is 4.74 Å². The number of benzene rings is 2. The summed E-state index contributed by atoms with van der Waals surface area (Å²) in [6.07, 6.45) is 5.06. The molecular formula is C29H31N5OS. The zero-order valence-electron chi connectivity index (χ0n) is 20.3. The summed E-state index contributed by atoms with van der Waals surface area (Å²) in [5.41, 5.74) is 3.37. The Hall–Kier alpha value is -3.26. The number of pyridine rings is 1. The van der Waals surface area contributed by atoms with Crippen molar-refractivity contribution in [1.82, 2.24) is 24.7 Å². The lowest BCUT2D eigenvalue weighted by Gasteiger charge is -2.31. The number of hydrogen-bond acceptors (Lipinski definition) is 4. The Bertz CT molecular complexity index is 1330. The predicted octanol–water partition coefficient (Wildman–Crippen LogP) is 4.72. The molecule has 2 fully saturated rings. The SMILES string of the molecule is S=C1N[C@@H](c2ccccn2)[C@H](c2cccn2-c2ccc3ccccc3c2)N1CCCN1CCOCC1. The molecule has 0 bridgehead atoms. The molecule has 6 rings (SSSR count). The first-order chi connectivity index (χ1) is 17.8. The van der Waals surface area contributed by atoms with E-state index in [1.54, 1.807) is 0 Å². The summed E-state index contributed by atoms with van der Waals surface area (Å²) >= 11 is 5.91. The zero-order valence-corrected chi connectivity index (χ0v) is 21.1. The number of fused-ring (bicyclic) bond motifs is 1. The van der Waals surface area contributed by atoms with E-state index in [1.807, 2.05) is 18.3 Å². The number of nitrogens with zero attached hydrogens (tertiary/aromatic N) is 4. The summed E-state index contributed by atoms with van der Waals surface area (Å²) in [5.74, 6) is 0. The van der Waals surface area contributed by atoms with Crippen LogP contribution in [0.2, 0.25) is 0 Å². The van der Waals surface area contributed by atoms with Crippen LogP contribution >= 0.6 is 12.2 Å². The Morgan fingerprint density at radius 1 is 0.917 bits per heavy atom. The van der Waals surface area contributed by atoms with Gasteiger partial charge in [-0.15, -0.1) is 0 Å². The fourth-order valence-electron chi connectivity index (χ4n) is 5.45. The molecule has 4 heterocycles. The highest BCUT2D eigenvalue weighted by atomic mass is 32.1. The van der Waals surface area contributed by atoms with Crippen molar-refractivity contribution in [2.24, 2.45) is 0 Å². The van der Waals surface area contributed by atoms with Crippen molar-refractivity contribution < 1.29 is 4.74 Å². The smallest absolute Gasteiger partial charge is 0.170 e. The summed E-state index contributed by atoms with van der Waals surface area (Å²) < 4.78 is 7.82. The van der Waals surface area contributed by atoms with E-state index in [4.69, 9.17) is 21.9 Å². The van der Waals surface area contributed by atoms with Gasteiger partial charge in [0.05, 0.1) is 31.0 Å². The highest BCUT2D eigenvalue weighted by Crippen LogP contribution is 2.39. The van der Waals surface area contributed by atoms with Crippen LogP contribution < -0.4 is 5.32 Å². The first-order valence-corrected chi connectivity index (χ1v) is 13.1. The van der Waals surface area contributed by atoms with E-state index in [2.05, 4.69) is 86.5 Å². The van der Waals surface area contributed by atoms with E-state index in [1.165, 1.54) is 16.5 Å². The number of aromatic nitrogens is 2. The van der Waals surface area contributed by atoms with Gasteiger partial charge in [0, 0.05) is 50.0 Å². The maximum absolute atomic E-state index is 5.91. The van der Waals surface area contributed by atoms with Crippen molar-refractivity contribution in [3.8, 4) is 5.69 Å². The van der Waals surface area contributed by atoms with Gasteiger partial charge in [-0.25, -0.2) is 0 Å². The van der Waals surface area contributed by atoms with Gasteiger partial charge in [0.2, 0.25) is 0 Å². The van der Waals surface area contributed by atoms with Gasteiger partial charge in [-0.05, 0) is 65.8 Å². The normalized spacial score (nSPS) is 20.7. The predicted molar refractivity (Wildman–Crippen MR) is 147 cm³/mol. The molecule has 2 atom stereocenters. The molecule has 184 valence electrons. The molecule has 0 amide bonds. The highest BCUT2D eigenvalue weighted by Gasteiger charge is 2.41. The molecule has 2 aromatic carbocycles. The molecule has 2 aliphatic heterocycles. The minimum atomic E-state index is -0.0174. The van der Waals surface area contributed by atoms with Crippen molar-refractivity contribution in [2.45, 2.75) is 18.5 Å². The lowest BCUT2D eigenvalue weighted by Crippen LogP contribution is -2.39. The average Bonchev–Trinajstić information content (AvgIpc) is 3.54. The number of thiocarbonyl (C=S) groups is 1. The van der Waals surface area contributed by atoms with Crippen molar-refractivity contribution >= 4 is 28.1 Å². The minimum Gasteiger partial charge on any atom is -0.379 e. The average molecular weight is 498 g/mol. The van der Waals surface area contributed by atoms with Gasteiger partial charge >= 0.3 is 0 Å². The van der Waals surface area contributed by atoms with E-state index >= 15 is 0 Å². The number of hydrogen-bond donors (Lipinski definition) is 1. The number of ether oxygens (including phenoxy) is 1. The van der Waals surface area contributed by atoms with Crippen LogP contribution in [0.4, 0.5) is 0 Å². The van der Waals surface area contributed by atoms with E-state index in [0.29, 0.717) is 0 Å². The quantitative estimate of drug-likeness (QED) is 0.373. The maximum atomic E-state index is 5.91. The van der Waals surface area contributed by atoms with Gasteiger partial charge < -0.3 is 19.5 Å². The van der Waals surface area contributed by atoms with Gasteiger partial charge in [0.1, 0.15) is 0 Å². The fourth-order valence-corrected chi connectivity index (χ4v) is 5.79. The third-order valence-corrected chi connectivity index (χ3v) is 7.62. The second-order valence-electron chi connectivity index (χ2n) is 9.46. The van der Waals surface area contributed by atoms with E-state index in [9.17, 15) is 0 Å². The van der Waals surface area contributed by atoms with E-state index in [-0.39, 0.29) is 12.1 Å². The van der Waals surface area contributed by atoms with Crippen LogP contribution in [0.1, 0.15) is 29.9 Å². The molecule has 0 saturated carbocycles. The third-order valence-electron chi connectivity index (χ3n) is 7.27. The second kappa shape index (κ2) is 10.4. The lowest BCUT2D eigenvalue weighted by molar-refractivity contribution is 0.0365. The number of rotatable bonds is 7. The molecule has 2 aromatic heterocycles. The summed E-state index contributed by atoms with van der Waals surface area (Å²) in [5, 5.41) is 6.88. The van der Waals surface area contributed by atoms with Crippen LogP contribution in [0.15, 0.2) is 85.2 Å². The van der Waals surface area contributed by atoms with Crippen LogP contribution in [0, 0.1) is 0 Å². The first-order valence-electron chi connectivity index (χ1n) is 12.7. The zero-order chi connectivity index (χ0) is 24.3. The van der Waals surface area contributed by atoms with Gasteiger partial charge in [-0.1, -0.05) is 36.4 Å². The molecule has 2 saturated heterocycles. The molecule has 0 radical (unpaired) electrons. The molecule has 6 nitrogen and oxygen atoms in total. The largest absolute Gasteiger partial charge is 0.379 e. The van der Waals surface area contributed by atoms with Crippen LogP contribution in [0.5, 0.6) is 0 Å². The van der Waals surface area contributed by atoms with Crippen molar-refractivity contribution in [2.75, 3.05) is 39.4 Å². The summed E-state index contributed by atoms with van der Waals surface area (Å²) in [6, 6.07) is 25.6. The molecule has 7 heteroatoms. The Kier molecular flexibility index (Phi) is 6.68. The monoisotopic (exact) mass is 497 g/mol. The Balaban J connectivity index is 1.33. The Morgan fingerprint density at radius 2 is 1.75 bits per heavy atom. The van der Waals surface area contributed by atoms with Crippen LogP contribution in [0.3, 0.4) is 0 Å². The Morgan fingerprint density at radius 3 is 2.58 bits per heavy atom. The van der Waals surface area contributed by atoms with Gasteiger partial charge in [-0.2, -0.15) is 0 Å². The summed E-state index contributed by atoms with van der Waals surface area (Å²) in [4.78, 5) is 9.55. The van der Waals surface area contributed by atoms with Crippen LogP contribution in [0.25, 0.3) is 16.5 Å². The van der Waals surface area contributed by atoms with Crippen molar-refractivity contribution in [3.63, 3.8) is 0 Å². The molecule has 2 aliphatic rings. The minimum absolute atomic E-state index is 0.0174. The molecular weight excluding hydrogens is 466 g/mol. The highest BCUT2D eigenvalue weighted by molar-refractivity contribution is 7.80. The molecule has 36 heavy (non-hydrogen) atoms. The topological polar surface area (TPSA) is 45.6 Å². The summed E-state index contributed by atoms with van der Waals surface area (Å²) in [7, 11) is 0. The van der Waals surface area contributed by atoms with Gasteiger partial charge in [0.25, 0.3) is 0 Å². The number of nitrogens with one attached hydrogen (secondary N) is 1. The lowest BCUT2D eigenvalue weighted by atomic mass is 10.0. The number of morpholine rings is 1. The van der Waals surface area contributed by atoms with E-state index < -0.39 is 0 Å². The maximum Gasteiger partial charge on any atom is 0.170 e. The van der Waals surface area contributed by atoms with Gasteiger partial charge in [0.15, 0.2) is 5.11 Å². The second-order valence-corrected chi connectivity index (χ2v) is 9.85. The standard InChI is InChI=1S/C29H31N5OS/c36-29-31-27(25-9-3-4-13-30-25)28(34(29)16-6-14-32-17-19-35-20-18-32)26-10-5-15-33(26)24-12-11-22-7-1-2-8-23(22)21-24/h1-5,7-13,15,21,27-28H,6,14,16-20H2,(H,31,36)/t27-,28-/m0/s1. The van der Waals surface area contributed by atoms with Crippen molar-refractivity contribution in [3.05, 3.63) is 96.6 Å². The third kappa shape index (κ3) is 4.62. The van der Waals surface area contributed by atoms with Crippen LogP contribution in [-0.4, -0.2) is 63.9 Å². The molecule has 0 unspecified atom stereocenters. The van der Waals surface area contributed by atoms with E-state index in [0.717, 1.165) is 62.3 Å². The van der Waals surface area contributed by atoms with Crippen molar-refractivity contribution in [1.29, 1.82) is 0 Å². The molecule has 0 aliphatic carbocycles. The fraction of sp³-hybridized carbons (Fsp3) is 0.310. The molecule has 0 spiro atoms. The Labute approximate surface area is 217 Å². The summed E-state index contributed by atoms with van der Waals surface area (Å²) in [6.45, 7) is 5.61. The molecule has 1 N–H and O–H groups in total. The first kappa shape index (κ1) is 23.2. The van der Waals surface area contributed by atoms with Gasteiger partial charge in [-0.3, -0.25) is 9.88 Å². The molecule has 4 aromatic rings.